The SMILES string of the molecule is CC(Nc1ncnc2c1ncn2OC(=O)C(F)(F)F)c1c(Br)c2ccccc2n1-c1cccc(F)c1. The van der Waals surface area contributed by atoms with Gasteiger partial charge in [0.1, 0.15) is 18.5 Å². The Kier molecular flexibility index (Phi) is 5.86. The molecule has 0 fully saturated rings. The highest BCUT2D eigenvalue weighted by atomic mass is 79.9. The number of alkyl halides is 3. The Labute approximate surface area is 208 Å². The molecule has 36 heavy (non-hydrogen) atoms. The molecule has 184 valence electrons. The van der Waals surface area contributed by atoms with Crippen molar-refractivity contribution >= 4 is 49.8 Å². The van der Waals surface area contributed by atoms with Crippen LogP contribution in [0.5, 0.6) is 0 Å². The third-order valence-corrected chi connectivity index (χ3v) is 6.23. The summed E-state index contributed by atoms with van der Waals surface area (Å²) in [5, 5.41) is 4.08. The minimum Gasteiger partial charge on any atom is -0.360 e. The second-order valence-corrected chi connectivity index (χ2v) is 8.53. The Bertz CT molecular complexity index is 1610. The minimum atomic E-state index is -5.18. The third-order valence-electron chi connectivity index (χ3n) is 5.39. The first-order valence-electron chi connectivity index (χ1n) is 10.4. The fourth-order valence-electron chi connectivity index (χ4n) is 3.90. The highest BCUT2D eigenvalue weighted by Crippen LogP contribution is 2.38. The van der Waals surface area contributed by atoms with Crippen LogP contribution in [-0.4, -0.2) is 36.4 Å². The van der Waals surface area contributed by atoms with Crippen molar-refractivity contribution in [3.63, 3.8) is 0 Å². The standard InChI is InChI=1S/C23H15BrF4N6O2/c1-12(32-20-18-21(30-10-29-20)33(11-31-18)36-22(35)23(26,27)28)19-17(24)15-7-2-3-8-16(15)34(19)14-6-4-5-13(25)9-14/h2-12H,1H3,(H,29,30,32). The quantitative estimate of drug-likeness (QED) is 0.290. The van der Waals surface area contributed by atoms with Gasteiger partial charge in [0.15, 0.2) is 11.3 Å². The van der Waals surface area contributed by atoms with Gasteiger partial charge >= 0.3 is 12.1 Å². The van der Waals surface area contributed by atoms with Crippen molar-refractivity contribution < 1.29 is 27.2 Å². The van der Waals surface area contributed by atoms with E-state index in [0.29, 0.717) is 10.4 Å². The van der Waals surface area contributed by atoms with E-state index in [1.807, 2.05) is 35.8 Å². The lowest BCUT2D eigenvalue weighted by Crippen LogP contribution is -2.33. The van der Waals surface area contributed by atoms with Crippen LogP contribution in [0.2, 0.25) is 0 Å². The largest absolute Gasteiger partial charge is 0.493 e. The number of nitrogens with one attached hydrogen (secondary N) is 1. The summed E-state index contributed by atoms with van der Waals surface area (Å²) in [6.45, 7) is 1.84. The average molecular weight is 563 g/mol. The number of hydrogen-bond acceptors (Lipinski definition) is 6. The number of para-hydroxylation sites is 1. The first kappa shape index (κ1) is 23.7. The summed E-state index contributed by atoms with van der Waals surface area (Å²) in [7, 11) is 0. The van der Waals surface area contributed by atoms with Crippen molar-refractivity contribution in [3.05, 3.63) is 77.2 Å². The summed E-state index contributed by atoms with van der Waals surface area (Å²) >= 11 is 3.66. The number of carbonyl (C=O) groups excluding carboxylic acids is 1. The number of anilines is 1. The van der Waals surface area contributed by atoms with Crippen molar-refractivity contribution in [2.75, 3.05) is 5.32 Å². The highest BCUT2D eigenvalue weighted by Gasteiger charge is 2.42. The highest BCUT2D eigenvalue weighted by molar-refractivity contribution is 9.10. The maximum atomic E-state index is 14.1. The van der Waals surface area contributed by atoms with Gasteiger partial charge in [-0.25, -0.2) is 24.1 Å². The van der Waals surface area contributed by atoms with Gasteiger partial charge in [-0.1, -0.05) is 24.3 Å². The molecule has 0 radical (unpaired) electrons. The summed E-state index contributed by atoms with van der Waals surface area (Å²) < 4.78 is 55.2. The summed E-state index contributed by atoms with van der Waals surface area (Å²) in [5.41, 5.74) is 2.11. The number of fused-ring (bicyclic) bond motifs is 2. The molecule has 0 saturated heterocycles. The fourth-order valence-corrected chi connectivity index (χ4v) is 4.75. The molecule has 0 bridgehead atoms. The van der Waals surface area contributed by atoms with Gasteiger partial charge in [0.05, 0.1) is 17.3 Å². The maximum absolute atomic E-state index is 14.1. The minimum absolute atomic E-state index is 0.0869. The van der Waals surface area contributed by atoms with E-state index >= 15 is 0 Å². The van der Waals surface area contributed by atoms with Gasteiger partial charge in [-0.15, -0.1) is 4.73 Å². The molecule has 8 nitrogen and oxygen atoms in total. The van der Waals surface area contributed by atoms with E-state index in [1.165, 1.54) is 12.1 Å². The monoisotopic (exact) mass is 562 g/mol. The van der Waals surface area contributed by atoms with E-state index < -0.39 is 24.0 Å². The summed E-state index contributed by atoms with van der Waals surface area (Å²) in [4.78, 5) is 27.7. The van der Waals surface area contributed by atoms with Gasteiger partial charge in [0, 0.05) is 15.5 Å². The van der Waals surface area contributed by atoms with Gasteiger partial charge in [0.25, 0.3) is 0 Å². The molecule has 3 aromatic heterocycles. The van der Waals surface area contributed by atoms with Gasteiger partial charge in [0.2, 0.25) is 5.65 Å². The smallest absolute Gasteiger partial charge is 0.360 e. The number of imidazole rings is 1. The molecule has 1 atom stereocenters. The molecule has 1 unspecified atom stereocenters. The van der Waals surface area contributed by atoms with E-state index in [0.717, 1.165) is 33.7 Å². The number of aromatic nitrogens is 5. The fraction of sp³-hybridized carbons (Fsp3) is 0.130. The van der Waals surface area contributed by atoms with Crippen molar-refractivity contribution in [3.8, 4) is 5.69 Å². The molecule has 3 heterocycles. The number of halogens is 5. The van der Waals surface area contributed by atoms with Gasteiger partial charge in [-0.3, -0.25) is 0 Å². The molecule has 0 aliphatic heterocycles. The molecular formula is C23H15BrF4N6O2. The number of rotatable bonds is 5. The summed E-state index contributed by atoms with van der Waals surface area (Å²) in [6.07, 6.45) is -3.18. The van der Waals surface area contributed by atoms with Crippen molar-refractivity contribution in [1.82, 2.24) is 24.2 Å². The normalized spacial score (nSPS) is 12.7. The zero-order valence-corrected chi connectivity index (χ0v) is 19.9. The molecule has 5 aromatic rings. The first-order chi connectivity index (χ1) is 17.1. The molecule has 0 aliphatic carbocycles. The van der Waals surface area contributed by atoms with Gasteiger partial charge < -0.3 is 14.7 Å². The van der Waals surface area contributed by atoms with E-state index in [1.54, 1.807) is 12.1 Å². The summed E-state index contributed by atoms with van der Waals surface area (Å²) in [5.74, 6) is -2.62. The lowest BCUT2D eigenvalue weighted by atomic mass is 10.2. The van der Waals surface area contributed by atoms with Crippen LogP contribution >= 0.6 is 15.9 Å². The van der Waals surface area contributed by atoms with E-state index in [-0.39, 0.29) is 17.0 Å². The van der Waals surface area contributed by atoms with E-state index in [9.17, 15) is 22.4 Å². The predicted molar refractivity (Wildman–Crippen MR) is 126 cm³/mol. The molecule has 13 heteroatoms. The van der Waals surface area contributed by atoms with Crippen LogP contribution in [0.1, 0.15) is 18.7 Å². The van der Waals surface area contributed by atoms with Crippen LogP contribution < -0.4 is 10.2 Å². The van der Waals surface area contributed by atoms with Crippen LogP contribution in [0.15, 0.2) is 65.7 Å². The molecule has 0 aliphatic rings. The van der Waals surface area contributed by atoms with E-state index in [2.05, 4.69) is 41.0 Å². The lowest BCUT2D eigenvalue weighted by molar-refractivity contribution is -0.199. The van der Waals surface area contributed by atoms with Crippen LogP contribution in [0.25, 0.3) is 27.8 Å². The molecule has 0 saturated carbocycles. The Morgan fingerprint density at radius 1 is 1.11 bits per heavy atom. The molecule has 2 aromatic carbocycles. The van der Waals surface area contributed by atoms with Gasteiger partial charge in [-0.05, 0) is 47.1 Å². The lowest BCUT2D eigenvalue weighted by Gasteiger charge is -2.19. The van der Waals surface area contributed by atoms with Crippen molar-refractivity contribution in [2.45, 2.75) is 19.1 Å². The second kappa shape index (κ2) is 8.90. The van der Waals surface area contributed by atoms with Crippen LogP contribution in [0, 0.1) is 5.82 Å². The number of carbonyl (C=O) groups is 1. The zero-order valence-electron chi connectivity index (χ0n) is 18.3. The van der Waals surface area contributed by atoms with Crippen LogP contribution in [-0.2, 0) is 4.79 Å². The number of nitrogens with zero attached hydrogens (tertiary/aromatic N) is 5. The maximum Gasteiger partial charge on any atom is 0.493 e. The topological polar surface area (TPSA) is 86.9 Å². The van der Waals surface area contributed by atoms with Crippen molar-refractivity contribution in [2.24, 2.45) is 0 Å². The Hall–Kier alpha value is -4.00. The number of hydrogen-bond donors (Lipinski definition) is 1. The van der Waals surface area contributed by atoms with E-state index in [4.69, 9.17) is 0 Å². The average Bonchev–Trinajstić information content (AvgIpc) is 3.38. The predicted octanol–water partition coefficient (Wildman–Crippen LogP) is 5.36. The molecule has 0 amide bonds. The molecule has 0 spiro atoms. The first-order valence-corrected chi connectivity index (χ1v) is 11.2. The Balaban J connectivity index is 1.56. The van der Waals surface area contributed by atoms with Gasteiger partial charge in [-0.2, -0.15) is 13.2 Å². The van der Waals surface area contributed by atoms with Crippen LogP contribution in [0.4, 0.5) is 23.4 Å². The molecular weight excluding hydrogens is 548 g/mol. The summed E-state index contributed by atoms with van der Waals surface area (Å²) in [6, 6.07) is 13.3. The van der Waals surface area contributed by atoms with Crippen molar-refractivity contribution in [1.29, 1.82) is 0 Å². The number of benzene rings is 2. The Morgan fingerprint density at radius 3 is 2.64 bits per heavy atom. The van der Waals surface area contributed by atoms with Crippen LogP contribution in [0.3, 0.4) is 0 Å². The Morgan fingerprint density at radius 2 is 1.89 bits per heavy atom. The zero-order chi connectivity index (χ0) is 25.6. The second-order valence-electron chi connectivity index (χ2n) is 7.74. The third kappa shape index (κ3) is 4.15. The molecule has 1 N–H and O–H groups in total. The molecule has 5 rings (SSSR count).